The van der Waals surface area contributed by atoms with Gasteiger partial charge in [-0.05, 0) is 55.7 Å². The van der Waals surface area contributed by atoms with Crippen molar-refractivity contribution in [2.75, 3.05) is 5.88 Å². The number of hydrogen-bond acceptors (Lipinski definition) is 2. The van der Waals surface area contributed by atoms with Crippen LogP contribution in [0.3, 0.4) is 0 Å². The van der Waals surface area contributed by atoms with Crippen LogP contribution in [0, 0.1) is 12.8 Å². The van der Waals surface area contributed by atoms with Crippen LogP contribution in [-0.2, 0) is 16.1 Å². The number of halogens is 2. The first-order chi connectivity index (χ1) is 14.9. The van der Waals surface area contributed by atoms with E-state index in [1.165, 1.54) is 0 Å². The Morgan fingerprint density at radius 3 is 2.32 bits per heavy atom. The molecule has 0 saturated heterocycles. The topological polar surface area (TPSA) is 49.4 Å². The van der Waals surface area contributed by atoms with Crippen LogP contribution in [-0.4, -0.2) is 28.6 Å². The Labute approximate surface area is 194 Å². The number of hydrogen-bond donors (Lipinski definition) is 1. The summed E-state index contributed by atoms with van der Waals surface area (Å²) in [7, 11) is 0. The second-order valence-electron chi connectivity index (χ2n) is 8.53. The molecule has 31 heavy (non-hydrogen) atoms. The molecule has 0 spiro atoms. The molecular weight excluding hydrogens is 431 g/mol. The van der Waals surface area contributed by atoms with E-state index in [1.54, 1.807) is 11.0 Å². The molecule has 0 aromatic heterocycles. The predicted octanol–water partition coefficient (Wildman–Crippen LogP) is 5.65. The number of nitrogens with one attached hydrogen (secondary N) is 1. The first-order valence-electron chi connectivity index (χ1n) is 10.8. The highest BCUT2D eigenvalue weighted by molar-refractivity contribution is 6.31. The van der Waals surface area contributed by atoms with E-state index in [4.69, 9.17) is 23.2 Å². The molecule has 0 unspecified atom stereocenters. The van der Waals surface area contributed by atoms with Crippen LogP contribution in [0.2, 0.25) is 5.02 Å². The summed E-state index contributed by atoms with van der Waals surface area (Å²) in [6.45, 7) is 4.45. The fourth-order valence-corrected chi connectivity index (χ4v) is 4.47. The van der Waals surface area contributed by atoms with E-state index < -0.39 is 6.04 Å². The lowest BCUT2D eigenvalue weighted by molar-refractivity contribution is -0.140. The second kappa shape index (κ2) is 11.0. The van der Waals surface area contributed by atoms with Gasteiger partial charge in [-0.3, -0.25) is 9.59 Å². The van der Waals surface area contributed by atoms with Gasteiger partial charge in [-0.15, -0.1) is 11.6 Å². The van der Waals surface area contributed by atoms with E-state index in [1.807, 2.05) is 49.4 Å². The summed E-state index contributed by atoms with van der Waals surface area (Å²) < 4.78 is 0. The van der Waals surface area contributed by atoms with Gasteiger partial charge in [-0.25, -0.2) is 0 Å². The molecule has 1 fully saturated rings. The summed E-state index contributed by atoms with van der Waals surface area (Å²) in [5, 5.41) is 3.76. The van der Waals surface area contributed by atoms with Crippen LogP contribution in [0.25, 0.3) is 0 Å². The highest BCUT2D eigenvalue weighted by Gasteiger charge is 2.33. The molecule has 0 radical (unpaired) electrons. The number of amides is 2. The Bertz CT molecular complexity index is 893. The van der Waals surface area contributed by atoms with E-state index in [-0.39, 0.29) is 30.3 Å². The van der Waals surface area contributed by atoms with Gasteiger partial charge in [-0.1, -0.05) is 66.6 Å². The monoisotopic (exact) mass is 460 g/mol. The van der Waals surface area contributed by atoms with E-state index in [0.717, 1.165) is 42.4 Å². The van der Waals surface area contributed by atoms with Crippen LogP contribution in [0.1, 0.15) is 55.3 Å². The largest absolute Gasteiger partial charge is 0.351 e. The molecule has 1 atom stereocenters. The molecule has 2 aromatic carbocycles. The standard InChI is InChI=1S/C25H30Cl2N2O2/c1-17-7-11-19(12-8-17)24(25(31)28-21-13-9-18(2)10-14-21)29(23(30)15-26)16-20-5-3-4-6-22(20)27/h3-8,11-12,18,21,24H,9-10,13-16H2,1-2H3,(H,28,31)/t18?,21?,24-/m1/s1. The quantitative estimate of drug-likeness (QED) is 0.542. The van der Waals surface area contributed by atoms with Gasteiger partial charge in [0.2, 0.25) is 11.8 Å². The van der Waals surface area contributed by atoms with Crippen molar-refractivity contribution in [3.8, 4) is 0 Å². The van der Waals surface area contributed by atoms with E-state index >= 15 is 0 Å². The van der Waals surface area contributed by atoms with Gasteiger partial charge in [0.15, 0.2) is 0 Å². The minimum atomic E-state index is -0.775. The maximum atomic E-state index is 13.5. The maximum absolute atomic E-state index is 13.5. The number of rotatable bonds is 7. The average Bonchev–Trinajstić information content (AvgIpc) is 2.77. The molecule has 1 aliphatic rings. The van der Waals surface area contributed by atoms with Crippen molar-refractivity contribution >= 4 is 35.0 Å². The summed E-state index contributed by atoms with van der Waals surface area (Å²) in [5.41, 5.74) is 2.63. The minimum absolute atomic E-state index is 0.130. The molecule has 3 rings (SSSR count). The van der Waals surface area contributed by atoms with Gasteiger partial charge in [-0.2, -0.15) is 0 Å². The molecule has 0 bridgehead atoms. The number of aryl methyl sites for hydroxylation is 1. The molecule has 2 amide bonds. The number of benzene rings is 2. The molecule has 1 saturated carbocycles. The SMILES string of the molecule is Cc1ccc([C@H](C(=O)NC2CCC(C)CC2)N(Cc2ccccc2Cl)C(=O)CCl)cc1. The van der Waals surface area contributed by atoms with Crippen molar-refractivity contribution in [1.82, 2.24) is 10.2 Å². The van der Waals surface area contributed by atoms with Crippen LogP contribution >= 0.6 is 23.2 Å². The highest BCUT2D eigenvalue weighted by Crippen LogP contribution is 2.29. The molecule has 4 nitrogen and oxygen atoms in total. The average molecular weight is 461 g/mol. The Balaban J connectivity index is 1.93. The number of alkyl halides is 1. The van der Waals surface area contributed by atoms with Crippen LogP contribution in [0.4, 0.5) is 0 Å². The summed E-state index contributed by atoms with van der Waals surface area (Å²) in [4.78, 5) is 28.0. The zero-order valence-electron chi connectivity index (χ0n) is 18.1. The van der Waals surface area contributed by atoms with Crippen molar-refractivity contribution < 1.29 is 9.59 Å². The summed E-state index contributed by atoms with van der Waals surface area (Å²) in [6.07, 6.45) is 4.12. The second-order valence-corrected chi connectivity index (χ2v) is 9.20. The Kier molecular flexibility index (Phi) is 8.39. The van der Waals surface area contributed by atoms with Gasteiger partial charge in [0.1, 0.15) is 11.9 Å². The minimum Gasteiger partial charge on any atom is -0.351 e. The zero-order valence-corrected chi connectivity index (χ0v) is 19.6. The van der Waals surface area contributed by atoms with E-state index in [2.05, 4.69) is 12.2 Å². The Morgan fingerprint density at radius 1 is 1.06 bits per heavy atom. The molecule has 166 valence electrons. The van der Waals surface area contributed by atoms with Gasteiger partial charge in [0.25, 0.3) is 0 Å². The smallest absolute Gasteiger partial charge is 0.247 e. The third-order valence-electron chi connectivity index (χ3n) is 6.05. The lowest BCUT2D eigenvalue weighted by Gasteiger charge is -2.34. The lowest BCUT2D eigenvalue weighted by atomic mass is 9.87. The molecule has 2 aromatic rings. The van der Waals surface area contributed by atoms with Gasteiger partial charge < -0.3 is 10.2 Å². The first kappa shape index (κ1) is 23.6. The molecule has 0 heterocycles. The van der Waals surface area contributed by atoms with Gasteiger partial charge in [0.05, 0.1) is 0 Å². The fraction of sp³-hybridized carbons (Fsp3) is 0.440. The molecule has 0 aliphatic heterocycles. The molecule has 1 N–H and O–H groups in total. The number of carbonyl (C=O) groups excluding carboxylic acids is 2. The maximum Gasteiger partial charge on any atom is 0.247 e. The normalized spacial score (nSPS) is 19.5. The van der Waals surface area contributed by atoms with Crippen LogP contribution in [0.5, 0.6) is 0 Å². The third-order valence-corrected chi connectivity index (χ3v) is 6.65. The number of nitrogens with zero attached hydrogens (tertiary/aromatic N) is 1. The molecular formula is C25H30Cl2N2O2. The third kappa shape index (κ3) is 6.24. The lowest BCUT2D eigenvalue weighted by Crippen LogP contribution is -2.47. The molecule has 1 aliphatic carbocycles. The summed E-state index contributed by atoms with van der Waals surface area (Å²) in [5.74, 6) is 0.00482. The predicted molar refractivity (Wildman–Crippen MR) is 126 cm³/mol. The van der Waals surface area contributed by atoms with Crippen LogP contribution < -0.4 is 5.32 Å². The summed E-state index contributed by atoms with van der Waals surface area (Å²) >= 11 is 12.3. The van der Waals surface area contributed by atoms with Gasteiger partial charge >= 0.3 is 0 Å². The zero-order chi connectivity index (χ0) is 22.4. The van der Waals surface area contributed by atoms with Crippen molar-refractivity contribution in [2.45, 2.75) is 58.2 Å². The molecule has 6 heteroatoms. The Morgan fingerprint density at radius 2 is 1.71 bits per heavy atom. The highest BCUT2D eigenvalue weighted by atomic mass is 35.5. The Hall–Kier alpha value is -2.04. The van der Waals surface area contributed by atoms with Gasteiger partial charge in [0, 0.05) is 17.6 Å². The first-order valence-corrected chi connectivity index (χ1v) is 11.8. The van der Waals surface area contributed by atoms with Crippen molar-refractivity contribution in [3.63, 3.8) is 0 Å². The van der Waals surface area contributed by atoms with E-state index in [9.17, 15) is 9.59 Å². The van der Waals surface area contributed by atoms with Crippen molar-refractivity contribution in [2.24, 2.45) is 5.92 Å². The van der Waals surface area contributed by atoms with Crippen molar-refractivity contribution in [3.05, 3.63) is 70.2 Å². The van der Waals surface area contributed by atoms with Crippen LogP contribution in [0.15, 0.2) is 48.5 Å². The van der Waals surface area contributed by atoms with Crippen molar-refractivity contribution in [1.29, 1.82) is 0 Å². The summed E-state index contributed by atoms with van der Waals surface area (Å²) in [6, 6.07) is 14.4. The van der Waals surface area contributed by atoms with E-state index in [0.29, 0.717) is 10.9 Å². The fourth-order valence-electron chi connectivity index (χ4n) is 4.12. The number of carbonyl (C=O) groups is 2.